The third-order valence-corrected chi connectivity index (χ3v) is 1.83. The fraction of sp³-hybridized carbons (Fsp3) is 0.100. The van der Waals surface area contributed by atoms with Crippen LogP contribution in [-0.4, -0.2) is 27.5 Å². The largest absolute Gasteiger partial charge is 0.505 e. The Bertz CT molecular complexity index is 437. The van der Waals surface area contributed by atoms with E-state index in [9.17, 15) is 14.7 Å². The molecule has 15 heavy (non-hydrogen) atoms. The fourth-order valence-electron chi connectivity index (χ4n) is 1.05. The maximum atomic E-state index is 10.7. The highest BCUT2D eigenvalue weighted by Crippen LogP contribution is 2.22. The molecule has 0 saturated carbocycles. The van der Waals surface area contributed by atoms with Gasteiger partial charge in [0.1, 0.15) is 5.75 Å². The number of carbonyl (C=O) groups is 2. The molecule has 0 spiro atoms. The first-order chi connectivity index (χ1) is 7.06. The molecule has 1 heterocycles. The highest BCUT2D eigenvalue weighted by molar-refractivity contribution is 5.90. The molecule has 0 aromatic carbocycles. The molecule has 0 aliphatic carbocycles. The predicted octanol–water partition coefficient (Wildman–Crippen LogP) is 1.01. The zero-order chi connectivity index (χ0) is 11.4. The summed E-state index contributed by atoms with van der Waals surface area (Å²) >= 11 is 0. The van der Waals surface area contributed by atoms with Crippen LogP contribution < -0.4 is 0 Å². The van der Waals surface area contributed by atoms with Crippen molar-refractivity contribution in [2.45, 2.75) is 6.92 Å². The van der Waals surface area contributed by atoms with Crippen molar-refractivity contribution < 1.29 is 19.8 Å². The van der Waals surface area contributed by atoms with Gasteiger partial charge in [-0.1, -0.05) is 0 Å². The van der Waals surface area contributed by atoms with Crippen LogP contribution in [0, 0.1) is 6.92 Å². The van der Waals surface area contributed by atoms with Crippen LogP contribution in [0.25, 0.3) is 6.08 Å². The van der Waals surface area contributed by atoms with Crippen LogP contribution in [0.4, 0.5) is 0 Å². The Morgan fingerprint density at radius 2 is 2.20 bits per heavy atom. The molecule has 1 aromatic rings. The molecular weight excluding hydrogens is 198 g/mol. The maximum absolute atomic E-state index is 10.7. The van der Waals surface area contributed by atoms with Gasteiger partial charge < -0.3 is 10.2 Å². The van der Waals surface area contributed by atoms with E-state index in [0.29, 0.717) is 12.0 Å². The summed E-state index contributed by atoms with van der Waals surface area (Å²) in [5.74, 6) is -1.36. The molecule has 0 radical (unpaired) electrons. The molecule has 0 fully saturated rings. The number of hydrogen-bond acceptors (Lipinski definition) is 4. The smallest absolute Gasteiger partial charge is 0.328 e. The number of hydrogen-bond donors (Lipinski definition) is 2. The van der Waals surface area contributed by atoms with Crippen molar-refractivity contribution in [2.24, 2.45) is 0 Å². The van der Waals surface area contributed by atoms with Crippen molar-refractivity contribution in [3.63, 3.8) is 0 Å². The summed E-state index contributed by atoms with van der Waals surface area (Å²) in [7, 11) is 0. The average Bonchev–Trinajstić information content (AvgIpc) is 2.19. The summed E-state index contributed by atoms with van der Waals surface area (Å²) in [5, 5.41) is 17.9. The number of pyridine rings is 1. The second-order valence-electron chi connectivity index (χ2n) is 2.85. The van der Waals surface area contributed by atoms with Gasteiger partial charge in [-0.25, -0.2) is 4.79 Å². The third kappa shape index (κ3) is 2.40. The second kappa shape index (κ2) is 4.36. The van der Waals surface area contributed by atoms with Crippen LogP contribution in [0.3, 0.4) is 0 Å². The number of aryl methyl sites for hydroxylation is 1. The van der Waals surface area contributed by atoms with Gasteiger partial charge in [-0.2, -0.15) is 0 Å². The zero-order valence-corrected chi connectivity index (χ0v) is 7.97. The number of aromatic nitrogens is 1. The van der Waals surface area contributed by atoms with Crippen molar-refractivity contribution in [2.75, 3.05) is 0 Å². The molecular formula is C10H9NO4. The van der Waals surface area contributed by atoms with Gasteiger partial charge >= 0.3 is 5.97 Å². The molecule has 0 atom stereocenters. The molecule has 0 amide bonds. The SMILES string of the molecule is Cc1ncc(/C=C/C(=O)O)c(C=O)c1O. The Balaban J connectivity index is 3.25. The molecule has 1 rings (SSSR count). The quantitative estimate of drug-likeness (QED) is 0.570. The number of aliphatic carboxylic acids is 1. The lowest BCUT2D eigenvalue weighted by atomic mass is 10.1. The van der Waals surface area contributed by atoms with Crippen LogP contribution in [0.15, 0.2) is 12.3 Å². The van der Waals surface area contributed by atoms with Crippen LogP contribution in [0.2, 0.25) is 0 Å². The summed E-state index contributed by atoms with van der Waals surface area (Å²) < 4.78 is 0. The van der Waals surface area contributed by atoms with Crippen molar-refractivity contribution in [3.05, 3.63) is 29.1 Å². The Morgan fingerprint density at radius 1 is 1.53 bits per heavy atom. The van der Waals surface area contributed by atoms with Gasteiger partial charge in [0.15, 0.2) is 6.29 Å². The molecule has 0 bridgehead atoms. The number of carboxylic acids is 1. The van der Waals surface area contributed by atoms with E-state index in [2.05, 4.69) is 4.98 Å². The highest BCUT2D eigenvalue weighted by atomic mass is 16.4. The first kappa shape index (κ1) is 10.9. The average molecular weight is 207 g/mol. The van der Waals surface area contributed by atoms with Gasteiger partial charge in [-0.3, -0.25) is 9.78 Å². The zero-order valence-electron chi connectivity index (χ0n) is 7.97. The molecule has 1 aromatic heterocycles. The minimum atomic E-state index is -1.13. The van der Waals surface area contributed by atoms with E-state index < -0.39 is 5.97 Å². The van der Waals surface area contributed by atoms with Gasteiger partial charge in [0.05, 0.1) is 11.3 Å². The number of aromatic hydroxyl groups is 1. The molecule has 0 aliphatic heterocycles. The van der Waals surface area contributed by atoms with Gasteiger partial charge in [-0.05, 0) is 13.0 Å². The number of nitrogens with zero attached hydrogens (tertiary/aromatic N) is 1. The van der Waals surface area contributed by atoms with Gasteiger partial charge in [0.25, 0.3) is 0 Å². The van der Waals surface area contributed by atoms with E-state index in [0.717, 1.165) is 6.08 Å². The molecule has 5 nitrogen and oxygen atoms in total. The number of carbonyl (C=O) groups excluding carboxylic acids is 1. The van der Waals surface area contributed by atoms with E-state index in [1.165, 1.54) is 12.3 Å². The Hall–Kier alpha value is -2.17. The van der Waals surface area contributed by atoms with Crippen LogP contribution in [-0.2, 0) is 4.79 Å². The minimum absolute atomic E-state index is 0.0417. The second-order valence-corrected chi connectivity index (χ2v) is 2.85. The lowest BCUT2D eigenvalue weighted by Crippen LogP contribution is -1.94. The van der Waals surface area contributed by atoms with Crippen molar-refractivity contribution in [1.29, 1.82) is 0 Å². The molecule has 0 saturated heterocycles. The van der Waals surface area contributed by atoms with Crippen LogP contribution in [0.1, 0.15) is 21.6 Å². The van der Waals surface area contributed by atoms with E-state index in [1.54, 1.807) is 6.92 Å². The number of carboxylic acid groups (broad SMARTS) is 1. The number of aldehydes is 1. The summed E-state index contributed by atoms with van der Waals surface area (Å²) in [5.41, 5.74) is 0.639. The summed E-state index contributed by atoms with van der Waals surface area (Å²) in [4.78, 5) is 24.8. The van der Waals surface area contributed by atoms with E-state index in [1.807, 2.05) is 0 Å². The molecule has 2 N–H and O–H groups in total. The Labute approximate surface area is 85.7 Å². The molecule has 78 valence electrons. The monoisotopic (exact) mass is 207 g/mol. The fourth-order valence-corrected chi connectivity index (χ4v) is 1.05. The van der Waals surface area contributed by atoms with Crippen molar-refractivity contribution >= 4 is 18.3 Å². The molecule has 0 aliphatic rings. The first-order valence-corrected chi connectivity index (χ1v) is 4.11. The van der Waals surface area contributed by atoms with Crippen molar-refractivity contribution in [1.82, 2.24) is 4.98 Å². The van der Waals surface area contributed by atoms with Crippen LogP contribution in [0.5, 0.6) is 5.75 Å². The number of rotatable bonds is 3. The Kier molecular flexibility index (Phi) is 3.17. The normalized spacial score (nSPS) is 10.5. The maximum Gasteiger partial charge on any atom is 0.328 e. The lowest BCUT2D eigenvalue weighted by Gasteiger charge is -2.03. The van der Waals surface area contributed by atoms with Gasteiger partial charge in [0, 0.05) is 17.8 Å². The van der Waals surface area contributed by atoms with Crippen molar-refractivity contribution in [3.8, 4) is 5.75 Å². The minimum Gasteiger partial charge on any atom is -0.505 e. The van der Waals surface area contributed by atoms with Gasteiger partial charge in [0.2, 0.25) is 0 Å². The van der Waals surface area contributed by atoms with E-state index in [-0.39, 0.29) is 16.9 Å². The summed E-state index contributed by atoms with van der Waals surface area (Å²) in [6.45, 7) is 1.55. The first-order valence-electron chi connectivity index (χ1n) is 4.11. The predicted molar refractivity (Wildman–Crippen MR) is 52.7 cm³/mol. The summed E-state index contributed by atoms with van der Waals surface area (Å²) in [6, 6.07) is 0. The molecule has 5 heteroatoms. The molecule has 0 unspecified atom stereocenters. The topological polar surface area (TPSA) is 87.5 Å². The van der Waals surface area contributed by atoms with Crippen LogP contribution >= 0.6 is 0 Å². The van der Waals surface area contributed by atoms with E-state index in [4.69, 9.17) is 5.11 Å². The summed E-state index contributed by atoms with van der Waals surface area (Å²) in [6.07, 6.45) is 3.88. The highest BCUT2D eigenvalue weighted by Gasteiger charge is 2.08. The van der Waals surface area contributed by atoms with E-state index >= 15 is 0 Å². The lowest BCUT2D eigenvalue weighted by molar-refractivity contribution is -0.131. The Morgan fingerprint density at radius 3 is 2.73 bits per heavy atom. The van der Waals surface area contributed by atoms with Gasteiger partial charge in [-0.15, -0.1) is 0 Å². The standard InChI is InChI=1S/C10H9NO4/c1-6-10(15)8(5-12)7(4-11-6)2-3-9(13)14/h2-5,15H,1H3,(H,13,14)/b3-2+. The third-order valence-electron chi connectivity index (χ3n) is 1.83.